The Bertz CT molecular complexity index is 655. The van der Waals surface area contributed by atoms with Gasteiger partial charge < -0.3 is 14.5 Å². The van der Waals surface area contributed by atoms with Crippen LogP contribution in [-0.4, -0.2) is 63.2 Å². The van der Waals surface area contributed by atoms with Crippen molar-refractivity contribution in [3.63, 3.8) is 0 Å². The molecule has 2 amide bonds. The number of ether oxygens (including phenoxy) is 1. The van der Waals surface area contributed by atoms with Crippen LogP contribution in [0.4, 0.5) is 0 Å². The fraction of sp³-hybridized carbons (Fsp3) is 0.737. The summed E-state index contributed by atoms with van der Waals surface area (Å²) >= 11 is 0. The molecule has 0 aromatic carbocycles. The van der Waals surface area contributed by atoms with E-state index in [1.54, 1.807) is 4.68 Å². The zero-order valence-electron chi connectivity index (χ0n) is 15.5. The Balaban J connectivity index is 1.33. The SMILES string of the molecule is Cn1cc(CN(C(=O)C2CCN(C(=O)C3CCCO3)CC2)C2CC2)cn1. The number of likely N-dealkylation sites (tertiary alicyclic amines) is 1. The Labute approximate surface area is 154 Å². The first-order valence-electron chi connectivity index (χ1n) is 9.80. The van der Waals surface area contributed by atoms with E-state index >= 15 is 0 Å². The summed E-state index contributed by atoms with van der Waals surface area (Å²) in [5.41, 5.74) is 1.08. The molecule has 26 heavy (non-hydrogen) atoms. The van der Waals surface area contributed by atoms with E-state index in [2.05, 4.69) is 5.10 Å². The molecule has 3 fully saturated rings. The zero-order chi connectivity index (χ0) is 18.1. The highest BCUT2D eigenvalue weighted by atomic mass is 16.5. The third-order valence-electron chi connectivity index (χ3n) is 5.74. The molecule has 1 aromatic rings. The molecule has 0 bridgehead atoms. The first-order chi connectivity index (χ1) is 12.6. The minimum atomic E-state index is -0.254. The number of carbonyl (C=O) groups is 2. The van der Waals surface area contributed by atoms with Gasteiger partial charge in [-0.15, -0.1) is 0 Å². The lowest BCUT2D eigenvalue weighted by Gasteiger charge is -2.35. The lowest BCUT2D eigenvalue weighted by Crippen LogP contribution is -2.47. The van der Waals surface area contributed by atoms with Gasteiger partial charge >= 0.3 is 0 Å². The van der Waals surface area contributed by atoms with Gasteiger partial charge in [-0.1, -0.05) is 0 Å². The second-order valence-electron chi connectivity index (χ2n) is 7.82. The molecule has 0 radical (unpaired) electrons. The van der Waals surface area contributed by atoms with Gasteiger partial charge in [-0.3, -0.25) is 14.3 Å². The molecule has 1 unspecified atom stereocenters. The van der Waals surface area contributed by atoms with Crippen molar-refractivity contribution >= 4 is 11.8 Å². The van der Waals surface area contributed by atoms with E-state index in [0.717, 1.165) is 44.1 Å². The van der Waals surface area contributed by atoms with Crippen molar-refractivity contribution in [1.29, 1.82) is 0 Å². The van der Waals surface area contributed by atoms with Crippen LogP contribution in [0.1, 0.15) is 44.1 Å². The monoisotopic (exact) mass is 360 g/mol. The second-order valence-corrected chi connectivity index (χ2v) is 7.82. The minimum Gasteiger partial charge on any atom is -0.368 e. The van der Waals surface area contributed by atoms with Crippen molar-refractivity contribution < 1.29 is 14.3 Å². The molecule has 2 aliphatic heterocycles. The molecular weight excluding hydrogens is 332 g/mol. The molecule has 1 saturated carbocycles. The molecule has 1 aliphatic carbocycles. The normalized spacial score (nSPS) is 24.0. The van der Waals surface area contributed by atoms with Crippen LogP contribution in [0.15, 0.2) is 12.4 Å². The molecule has 7 heteroatoms. The number of hydrogen-bond acceptors (Lipinski definition) is 4. The summed E-state index contributed by atoms with van der Waals surface area (Å²) in [7, 11) is 1.90. The van der Waals surface area contributed by atoms with Gasteiger partial charge in [0.2, 0.25) is 5.91 Å². The fourth-order valence-electron chi connectivity index (χ4n) is 4.08. The Morgan fingerprint density at radius 2 is 2.00 bits per heavy atom. The smallest absolute Gasteiger partial charge is 0.251 e. The van der Waals surface area contributed by atoms with Crippen molar-refractivity contribution in [2.24, 2.45) is 13.0 Å². The number of aryl methyl sites for hydroxylation is 1. The standard InChI is InChI=1S/C19H28N4O3/c1-21-12-14(11-20-21)13-23(16-4-5-16)18(24)15-6-8-22(9-7-15)19(25)17-3-2-10-26-17/h11-12,15-17H,2-10,13H2,1H3. The number of rotatable bonds is 5. The molecule has 1 aromatic heterocycles. The highest BCUT2D eigenvalue weighted by Crippen LogP contribution is 2.32. The van der Waals surface area contributed by atoms with Crippen molar-refractivity contribution in [3.05, 3.63) is 18.0 Å². The first-order valence-corrected chi connectivity index (χ1v) is 9.80. The predicted molar refractivity (Wildman–Crippen MR) is 95.1 cm³/mol. The van der Waals surface area contributed by atoms with Crippen LogP contribution in [0.5, 0.6) is 0 Å². The maximum absolute atomic E-state index is 13.1. The van der Waals surface area contributed by atoms with Crippen molar-refractivity contribution in [1.82, 2.24) is 19.6 Å². The molecule has 3 aliphatic rings. The van der Waals surface area contributed by atoms with E-state index in [1.807, 2.05) is 29.2 Å². The van der Waals surface area contributed by atoms with Crippen LogP contribution in [0.2, 0.25) is 0 Å². The molecule has 3 heterocycles. The number of piperidine rings is 1. The largest absolute Gasteiger partial charge is 0.368 e. The van der Waals surface area contributed by atoms with Crippen LogP contribution in [-0.2, 0) is 27.9 Å². The third-order valence-corrected chi connectivity index (χ3v) is 5.74. The van der Waals surface area contributed by atoms with Gasteiger partial charge in [-0.25, -0.2) is 0 Å². The fourth-order valence-corrected chi connectivity index (χ4v) is 4.08. The summed E-state index contributed by atoms with van der Waals surface area (Å²) in [4.78, 5) is 29.5. The van der Waals surface area contributed by atoms with Gasteiger partial charge in [0, 0.05) is 57.0 Å². The Morgan fingerprint density at radius 1 is 1.23 bits per heavy atom. The highest BCUT2D eigenvalue weighted by molar-refractivity contribution is 5.82. The summed E-state index contributed by atoms with van der Waals surface area (Å²) in [6.07, 6.45) is 9.08. The van der Waals surface area contributed by atoms with Crippen LogP contribution < -0.4 is 0 Å². The first kappa shape index (κ1) is 17.5. The second kappa shape index (κ2) is 7.39. The Morgan fingerprint density at radius 3 is 2.58 bits per heavy atom. The molecule has 142 valence electrons. The average Bonchev–Trinajstić information content (AvgIpc) is 3.18. The number of hydrogen-bond donors (Lipinski definition) is 0. The van der Waals surface area contributed by atoms with Crippen LogP contribution in [0, 0.1) is 5.92 Å². The van der Waals surface area contributed by atoms with E-state index in [-0.39, 0.29) is 23.8 Å². The topological polar surface area (TPSA) is 67.7 Å². The maximum Gasteiger partial charge on any atom is 0.251 e. The molecule has 1 atom stereocenters. The van der Waals surface area contributed by atoms with Crippen LogP contribution >= 0.6 is 0 Å². The van der Waals surface area contributed by atoms with Crippen LogP contribution in [0.25, 0.3) is 0 Å². The van der Waals surface area contributed by atoms with Gasteiger partial charge in [-0.2, -0.15) is 5.10 Å². The Kier molecular flexibility index (Phi) is 4.98. The molecule has 0 N–H and O–H groups in total. The lowest BCUT2D eigenvalue weighted by molar-refractivity contribution is -0.146. The third kappa shape index (κ3) is 3.77. The summed E-state index contributed by atoms with van der Waals surface area (Å²) in [6.45, 7) is 2.67. The zero-order valence-corrected chi connectivity index (χ0v) is 15.5. The molecule has 4 rings (SSSR count). The van der Waals surface area contributed by atoms with E-state index in [0.29, 0.717) is 32.3 Å². The van der Waals surface area contributed by atoms with Crippen LogP contribution in [0.3, 0.4) is 0 Å². The maximum atomic E-state index is 13.1. The number of nitrogens with zero attached hydrogens (tertiary/aromatic N) is 4. The van der Waals surface area contributed by atoms with Gasteiger partial charge in [0.1, 0.15) is 6.10 Å². The predicted octanol–water partition coefficient (Wildman–Crippen LogP) is 1.33. The number of amides is 2. The van der Waals surface area contributed by atoms with Gasteiger partial charge in [-0.05, 0) is 38.5 Å². The quantitative estimate of drug-likeness (QED) is 0.794. The molecule has 0 spiro atoms. The lowest BCUT2D eigenvalue weighted by atomic mass is 9.94. The van der Waals surface area contributed by atoms with E-state index in [9.17, 15) is 9.59 Å². The summed E-state index contributed by atoms with van der Waals surface area (Å²) in [5.74, 6) is 0.393. The van der Waals surface area contributed by atoms with Gasteiger partial charge in [0.15, 0.2) is 0 Å². The van der Waals surface area contributed by atoms with Crippen molar-refractivity contribution in [2.75, 3.05) is 19.7 Å². The highest BCUT2D eigenvalue weighted by Gasteiger charge is 2.38. The van der Waals surface area contributed by atoms with E-state index in [4.69, 9.17) is 4.74 Å². The molecular formula is C19H28N4O3. The summed E-state index contributed by atoms with van der Waals surface area (Å²) in [5, 5.41) is 4.21. The molecule has 7 nitrogen and oxygen atoms in total. The Hall–Kier alpha value is -1.89. The van der Waals surface area contributed by atoms with E-state index in [1.165, 1.54) is 0 Å². The van der Waals surface area contributed by atoms with Crippen molar-refractivity contribution in [2.45, 2.75) is 57.2 Å². The van der Waals surface area contributed by atoms with Gasteiger partial charge in [0.05, 0.1) is 6.20 Å². The number of aromatic nitrogens is 2. The summed E-state index contributed by atoms with van der Waals surface area (Å²) in [6, 6.07) is 0.384. The van der Waals surface area contributed by atoms with Gasteiger partial charge in [0.25, 0.3) is 5.91 Å². The minimum absolute atomic E-state index is 0.0285. The average molecular weight is 360 g/mol. The molecule has 2 saturated heterocycles. The van der Waals surface area contributed by atoms with Crippen molar-refractivity contribution in [3.8, 4) is 0 Å². The van der Waals surface area contributed by atoms with E-state index < -0.39 is 0 Å². The summed E-state index contributed by atoms with van der Waals surface area (Å²) < 4.78 is 7.29. The number of carbonyl (C=O) groups excluding carboxylic acids is 2.